The van der Waals surface area contributed by atoms with Crippen LogP contribution in [0.15, 0.2) is 53.6 Å². The normalized spacial score (nSPS) is 11.1. The van der Waals surface area contributed by atoms with Gasteiger partial charge in [0.05, 0.1) is 12.3 Å². The summed E-state index contributed by atoms with van der Waals surface area (Å²) in [5.74, 6) is 0.557. The maximum Gasteiger partial charge on any atom is 0.271 e. The number of nitrogens with two attached hydrogens (primary N) is 1. The lowest BCUT2D eigenvalue weighted by molar-refractivity contribution is 0.0955. The summed E-state index contributed by atoms with van der Waals surface area (Å²) in [6.45, 7) is 4.60. The Balaban J connectivity index is 1.99. The largest absolute Gasteiger partial charge is 0.494 e. The van der Waals surface area contributed by atoms with Crippen LogP contribution >= 0.6 is 0 Å². The maximum absolute atomic E-state index is 12.0. The van der Waals surface area contributed by atoms with Crippen molar-refractivity contribution in [2.24, 2.45) is 5.10 Å². The molecule has 0 radical (unpaired) electrons. The molecule has 0 heterocycles. The Morgan fingerprint density at radius 3 is 2.30 bits per heavy atom. The quantitative estimate of drug-likeness (QED) is 0.488. The van der Waals surface area contributed by atoms with Crippen LogP contribution in [0.2, 0.25) is 0 Å². The predicted octanol–water partition coefficient (Wildman–Crippen LogP) is 3.21. The van der Waals surface area contributed by atoms with E-state index in [2.05, 4.69) is 17.5 Å². The van der Waals surface area contributed by atoms with Gasteiger partial charge in [-0.3, -0.25) is 4.79 Å². The van der Waals surface area contributed by atoms with E-state index in [0.29, 0.717) is 17.9 Å². The number of hydrogen-bond donors (Lipinski definition) is 2. The van der Waals surface area contributed by atoms with Crippen molar-refractivity contribution >= 4 is 17.3 Å². The first-order valence-corrected chi connectivity index (χ1v) is 7.53. The third-order valence-electron chi connectivity index (χ3n) is 3.24. The number of nitrogens with zero attached hydrogens (tertiary/aromatic N) is 1. The summed E-state index contributed by atoms with van der Waals surface area (Å²) in [6, 6.07) is 14.3. The Morgan fingerprint density at radius 1 is 1.09 bits per heavy atom. The first-order chi connectivity index (χ1) is 11.1. The number of carbonyl (C=O) groups excluding carboxylic acids is 1. The first kappa shape index (κ1) is 16.5. The average molecular weight is 311 g/mol. The molecule has 0 aliphatic heterocycles. The number of rotatable bonds is 6. The molecule has 0 bridgehead atoms. The highest BCUT2D eigenvalue weighted by Gasteiger charge is 2.04. The van der Waals surface area contributed by atoms with E-state index in [9.17, 15) is 4.79 Å². The number of carbonyl (C=O) groups is 1. The molecule has 0 saturated carbocycles. The van der Waals surface area contributed by atoms with E-state index < -0.39 is 0 Å². The highest BCUT2D eigenvalue weighted by atomic mass is 16.5. The minimum Gasteiger partial charge on any atom is -0.494 e. The fourth-order valence-corrected chi connectivity index (χ4v) is 1.91. The minimum atomic E-state index is -0.271. The van der Waals surface area contributed by atoms with E-state index in [4.69, 9.17) is 10.5 Å². The third-order valence-corrected chi connectivity index (χ3v) is 3.24. The Hall–Kier alpha value is -2.82. The molecule has 120 valence electrons. The number of hydrogen-bond acceptors (Lipinski definition) is 4. The van der Waals surface area contributed by atoms with Crippen molar-refractivity contribution in [1.29, 1.82) is 0 Å². The van der Waals surface area contributed by atoms with Crippen LogP contribution in [0, 0.1) is 0 Å². The fraction of sp³-hybridized carbons (Fsp3) is 0.222. The first-order valence-electron chi connectivity index (χ1n) is 7.53. The van der Waals surface area contributed by atoms with Gasteiger partial charge in [0.1, 0.15) is 5.75 Å². The molecule has 0 aliphatic carbocycles. The average Bonchev–Trinajstić information content (AvgIpc) is 2.58. The van der Waals surface area contributed by atoms with Crippen LogP contribution in [0.25, 0.3) is 0 Å². The SMILES string of the molecule is CCCOc1ccc(/C(C)=N/NC(=O)c2ccc(N)cc2)cc1. The van der Waals surface area contributed by atoms with Crippen LogP contribution in [-0.2, 0) is 0 Å². The van der Waals surface area contributed by atoms with Gasteiger partial charge < -0.3 is 10.5 Å². The van der Waals surface area contributed by atoms with Crippen molar-refractivity contribution in [2.75, 3.05) is 12.3 Å². The smallest absolute Gasteiger partial charge is 0.271 e. The van der Waals surface area contributed by atoms with Crippen LogP contribution in [0.4, 0.5) is 5.69 Å². The predicted molar refractivity (Wildman–Crippen MR) is 92.8 cm³/mol. The summed E-state index contributed by atoms with van der Waals surface area (Å²) < 4.78 is 5.54. The molecule has 5 heteroatoms. The fourth-order valence-electron chi connectivity index (χ4n) is 1.91. The summed E-state index contributed by atoms with van der Waals surface area (Å²) in [4.78, 5) is 12.0. The topological polar surface area (TPSA) is 76.7 Å². The molecule has 2 rings (SSSR count). The van der Waals surface area contributed by atoms with Crippen LogP contribution < -0.4 is 15.9 Å². The van der Waals surface area contributed by atoms with Gasteiger partial charge in [-0.15, -0.1) is 0 Å². The van der Waals surface area contributed by atoms with E-state index >= 15 is 0 Å². The number of anilines is 1. The van der Waals surface area contributed by atoms with E-state index in [1.807, 2.05) is 31.2 Å². The monoisotopic (exact) mass is 311 g/mol. The standard InChI is InChI=1S/C18H21N3O2/c1-3-12-23-17-10-6-14(7-11-17)13(2)20-21-18(22)15-4-8-16(19)9-5-15/h4-11H,3,12,19H2,1-2H3,(H,21,22)/b20-13+. The second kappa shape index (κ2) is 7.98. The molecule has 0 fully saturated rings. The van der Waals surface area contributed by atoms with Crippen molar-refractivity contribution in [3.63, 3.8) is 0 Å². The van der Waals surface area contributed by atoms with Crippen LogP contribution in [-0.4, -0.2) is 18.2 Å². The number of ether oxygens (including phenoxy) is 1. The lowest BCUT2D eigenvalue weighted by Crippen LogP contribution is -2.19. The van der Waals surface area contributed by atoms with Gasteiger partial charge in [-0.1, -0.05) is 6.92 Å². The maximum atomic E-state index is 12.0. The van der Waals surface area contributed by atoms with Gasteiger partial charge in [0.25, 0.3) is 5.91 Å². The molecular formula is C18H21N3O2. The van der Waals surface area contributed by atoms with Gasteiger partial charge in [0.2, 0.25) is 0 Å². The molecular weight excluding hydrogens is 290 g/mol. The molecule has 1 amide bonds. The van der Waals surface area contributed by atoms with Crippen molar-refractivity contribution in [2.45, 2.75) is 20.3 Å². The van der Waals surface area contributed by atoms with Gasteiger partial charge in [-0.05, 0) is 67.4 Å². The van der Waals surface area contributed by atoms with Gasteiger partial charge in [-0.25, -0.2) is 5.43 Å². The summed E-state index contributed by atoms with van der Waals surface area (Å²) in [7, 11) is 0. The Labute approximate surface area is 136 Å². The zero-order valence-electron chi connectivity index (χ0n) is 13.4. The second-order valence-electron chi connectivity index (χ2n) is 5.13. The van der Waals surface area contributed by atoms with Crippen molar-refractivity contribution < 1.29 is 9.53 Å². The minimum absolute atomic E-state index is 0.271. The van der Waals surface area contributed by atoms with E-state index in [-0.39, 0.29) is 5.91 Å². The summed E-state index contributed by atoms with van der Waals surface area (Å²) in [5, 5.41) is 4.13. The van der Waals surface area contributed by atoms with E-state index in [1.54, 1.807) is 24.3 Å². The molecule has 0 aromatic heterocycles. The number of benzene rings is 2. The van der Waals surface area contributed by atoms with Crippen molar-refractivity contribution in [1.82, 2.24) is 5.43 Å². The molecule has 2 aromatic carbocycles. The van der Waals surface area contributed by atoms with Gasteiger partial charge in [0, 0.05) is 11.3 Å². The van der Waals surface area contributed by atoms with Gasteiger partial charge >= 0.3 is 0 Å². The molecule has 0 atom stereocenters. The summed E-state index contributed by atoms with van der Waals surface area (Å²) >= 11 is 0. The van der Waals surface area contributed by atoms with E-state index in [1.165, 1.54) is 0 Å². The molecule has 0 spiro atoms. The second-order valence-corrected chi connectivity index (χ2v) is 5.13. The lowest BCUT2D eigenvalue weighted by atomic mass is 10.1. The van der Waals surface area contributed by atoms with Crippen LogP contribution in [0.5, 0.6) is 5.75 Å². The van der Waals surface area contributed by atoms with Crippen molar-refractivity contribution in [3.8, 4) is 5.75 Å². The van der Waals surface area contributed by atoms with Gasteiger partial charge in [-0.2, -0.15) is 5.10 Å². The van der Waals surface area contributed by atoms with Crippen molar-refractivity contribution in [3.05, 3.63) is 59.7 Å². The number of amides is 1. The van der Waals surface area contributed by atoms with Crippen LogP contribution in [0.1, 0.15) is 36.2 Å². The number of hydrazone groups is 1. The van der Waals surface area contributed by atoms with E-state index in [0.717, 1.165) is 23.4 Å². The van der Waals surface area contributed by atoms with Gasteiger partial charge in [0.15, 0.2) is 0 Å². The zero-order valence-corrected chi connectivity index (χ0v) is 13.4. The zero-order chi connectivity index (χ0) is 16.7. The third kappa shape index (κ3) is 4.85. The highest BCUT2D eigenvalue weighted by Crippen LogP contribution is 2.13. The molecule has 0 unspecified atom stereocenters. The molecule has 5 nitrogen and oxygen atoms in total. The Kier molecular flexibility index (Phi) is 5.74. The highest BCUT2D eigenvalue weighted by molar-refractivity contribution is 6.01. The lowest BCUT2D eigenvalue weighted by Gasteiger charge is -2.06. The molecule has 2 aromatic rings. The molecule has 23 heavy (non-hydrogen) atoms. The summed E-state index contributed by atoms with van der Waals surface area (Å²) in [6.07, 6.45) is 0.972. The molecule has 0 aliphatic rings. The number of nitrogens with one attached hydrogen (secondary N) is 1. The number of nitrogen functional groups attached to an aromatic ring is 1. The molecule has 3 N–H and O–H groups in total. The van der Waals surface area contributed by atoms with Crippen LogP contribution in [0.3, 0.4) is 0 Å². The molecule has 0 saturated heterocycles. The summed E-state index contributed by atoms with van der Waals surface area (Å²) in [5.41, 5.74) is 10.9. The Morgan fingerprint density at radius 2 is 1.70 bits per heavy atom. The Bertz CT molecular complexity index is 676.